The van der Waals surface area contributed by atoms with Gasteiger partial charge in [0.05, 0.1) is 11.0 Å². The standard InChI is InChI=1S/C40H24N2O/c1-2-9-29(34-13-7-14-35-31-11-5-6-15-37(31)43-40(34)35)28(8-1)26-18-16-25(17-19-26)27-20-21-33-36(24-27)30-10-3-4-12-32(30)38-39(33)42-23-22-41-38/h1-24H. The van der Waals surface area contributed by atoms with Crippen molar-refractivity contribution in [3.63, 3.8) is 0 Å². The normalized spacial score (nSPS) is 11.7. The Morgan fingerprint density at radius 2 is 0.953 bits per heavy atom. The lowest BCUT2D eigenvalue weighted by molar-refractivity contribution is 0.670. The molecule has 7 aromatic carbocycles. The van der Waals surface area contributed by atoms with Crippen LogP contribution in [0.2, 0.25) is 0 Å². The quantitative estimate of drug-likeness (QED) is 0.206. The molecule has 0 aliphatic rings. The zero-order chi connectivity index (χ0) is 28.3. The maximum atomic E-state index is 6.39. The van der Waals surface area contributed by atoms with E-state index in [1.807, 2.05) is 12.1 Å². The highest BCUT2D eigenvalue weighted by Crippen LogP contribution is 2.40. The molecule has 0 unspecified atom stereocenters. The summed E-state index contributed by atoms with van der Waals surface area (Å²) in [7, 11) is 0. The topological polar surface area (TPSA) is 38.9 Å². The molecule has 0 aliphatic carbocycles. The molecule has 43 heavy (non-hydrogen) atoms. The maximum Gasteiger partial charge on any atom is 0.143 e. The lowest BCUT2D eigenvalue weighted by Crippen LogP contribution is -1.89. The number of aromatic nitrogens is 2. The van der Waals surface area contributed by atoms with Gasteiger partial charge < -0.3 is 4.42 Å². The minimum Gasteiger partial charge on any atom is -0.455 e. The fraction of sp³-hybridized carbons (Fsp3) is 0. The van der Waals surface area contributed by atoms with E-state index < -0.39 is 0 Å². The fourth-order valence-electron chi connectivity index (χ4n) is 6.58. The van der Waals surface area contributed by atoms with Gasteiger partial charge >= 0.3 is 0 Å². The van der Waals surface area contributed by atoms with E-state index in [-0.39, 0.29) is 0 Å². The number of nitrogens with zero attached hydrogens (tertiary/aromatic N) is 2. The Labute approximate surface area is 247 Å². The lowest BCUT2D eigenvalue weighted by Gasteiger charge is -2.13. The van der Waals surface area contributed by atoms with Crippen molar-refractivity contribution in [3.8, 4) is 33.4 Å². The monoisotopic (exact) mass is 548 g/mol. The molecule has 0 saturated carbocycles. The molecule has 0 amide bonds. The predicted octanol–water partition coefficient (Wildman–Crippen LogP) is 10.8. The molecule has 0 N–H and O–H groups in total. The molecule has 0 aliphatic heterocycles. The number of furan rings is 1. The highest BCUT2D eigenvalue weighted by atomic mass is 16.3. The van der Waals surface area contributed by atoms with Gasteiger partial charge in [0.15, 0.2) is 0 Å². The van der Waals surface area contributed by atoms with Crippen LogP contribution in [-0.2, 0) is 0 Å². The van der Waals surface area contributed by atoms with Crippen molar-refractivity contribution in [2.24, 2.45) is 0 Å². The van der Waals surface area contributed by atoms with Gasteiger partial charge in [-0.3, -0.25) is 9.97 Å². The van der Waals surface area contributed by atoms with E-state index in [1.165, 1.54) is 33.0 Å². The molecule has 0 fully saturated rings. The first-order valence-electron chi connectivity index (χ1n) is 14.5. The van der Waals surface area contributed by atoms with Crippen molar-refractivity contribution >= 4 is 54.5 Å². The molecule has 0 radical (unpaired) electrons. The molecule has 9 rings (SSSR count). The summed E-state index contributed by atoms with van der Waals surface area (Å²) < 4.78 is 6.39. The Bertz CT molecular complexity index is 2470. The first kappa shape index (κ1) is 23.9. The minimum atomic E-state index is 0.912. The second-order valence-electron chi connectivity index (χ2n) is 11.0. The molecule has 200 valence electrons. The van der Waals surface area contributed by atoms with Crippen LogP contribution >= 0.6 is 0 Å². The summed E-state index contributed by atoms with van der Waals surface area (Å²) in [6.07, 6.45) is 3.54. The summed E-state index contributed by atoms with van der Waals surface area (Å²) in [6.45, 7) is 0. The van der Waals surface area contributed by atoms with Gasteiger partial charge in [-0.1, -0.05) is 121 Å². The summed E-state index contributed by atoms with van der Waals surface area (Å²) in [5, 5.41) is 6.91. The van der Waals surface area contributed by atoms with Gasteiger partial charge in [0.25, 0.3) is 0 Å². The lowest BCUT2D eigenvalue weighted by atomic mass is 9.92. The summed E-state index contributed by atoms with van der Waals surface area (Å²) in [5.41, 5.74) is 10.7. The van der Waals surface area contributed by atoms with Crippen LogP contribution < -0.4 is 0 Å². The Kier molecular flexibility index (Phi) is 5.20. The summed E-state index contributed by atoms with van der Waals surface area (Å²) in [5.74, 6) is 0. The molecule has 3 nitrogen and oxygen atoms in total. The largest absolute Gasteiger partial charge is 0.455 e. The van der Waals surface area contributed by atoms with Crippen LogP contribution in [0.25, 0.3) is 87.9 Å². The summed E-state index contributed by atoms with van der Waals surface area (Å²) >= 11 is 0. The molecule has 0 bridgehead atoms. The molecular formula is C40H24N2O. The van der Waals surface area contributed by atoms with E-state index in [9.17, 15) is 0 Å². The van der Waals surface area contributed by atoms with Crippen LogP contribution in [-0.4, -0.2) is 9.97 Å². The second kappa shape index (κ2) is 9.37. The van der Waals surface area contributed by atoms with Crippen molar-refractivity contribution in [1.29, 1.82) is 0 Å². The molecule has 3 heteroatoms. The van der Waals surface area contributed by atoms with E-state index in [1.54, 1.807) is 12.4 Å². The molecule has 9 aromatic rings. The zero-order valence-corrected chi connectivity index (χ0v) is 23.2. The van der Waals surface area contributed by atoms with Crippen molar-refractivity contribution in [2.45, 2.75) is 0 Å². The van der Waals surface area contributed by atoms with Gasteiger partial charge in [0, 0.05) is 39.5 Å². The van der Waals surface area contributed by atoms with Gasteiger partial charge in [-0.2, -0.15) is 0 Å². The van der Waals surface area contributed by atoms with Crippen LogP contribution in [0.3, 0.4) is 0 Å². The van der Waals surface area contributed by atoms with E-state index in [2.05, 4.69) is 126 Å². The number of rotatable bonds is 3. The highest BCUT2D eigenvalue weighted by molar-refractivity contribution is 6.23. The minimum absolute atomic E-state index is 0.912. The van der Waals surface area contributed by atoms with Gasteiger partial charge in [-0.25, -0.2) is 0 Å². The smallest absolute Gasteiger partial charge is 0.143 e. The molecule has 0 atom stereocenters. The van der Waals surface area contributed by atoms with Crippen LogP contribution in [0.1, 0.15) is 0 Å². The van der Waals surface area contributed by atoms with E-state index >= 15 is 0 Å². The van der Waals surface area contributed by atoms with Gasteiger partial charge in [-0.05, 0) is 50.7 Å². The summed E-state index contributed by atoms with van der Waals surface area (Å²) in [4.78, 5) is 9.37. The Morgan fingerprint density at radius 1 is 0.372 bits per heavy atom. The predicted molar refractivity (Wildman–Crippen MR) is 178 cm³/mol. The average Bonchev–Trinajstić information content (AvgIpc) is 3.47. The van der Waals surface area contributed by atoms with E-state index in [0.717, 1.165) is 54.9 Å². The van der Waals surface area contributed by atoms with Crippen molar-refractivity contribution in [3.05, 3.63) is 146 Å². The van der Waals surface area contributed by atoms with Gasteiger partial charge in [0.1, 0.15) is 11.2 Å². The van der Waals surface area contributed by atoms with Crippen LogP contribution in [0.5, 0.6) is 0 Å². The first-order chi connectivity index (χ1) is 21.3. The van der Waals surface area contributed by atoms with Crippen LogP contribution in [0.4, 0.5) is 0 Å². The third-order valence-corrected chi connectivity index (χ3v) is 8.60. The van der Waals surface area contributed by atoms with Crippen molar-refractivity contribution < 1.29 is 4.42 Å². The van der Waals surface area contributed by atoms with E-state index in [4.69, 9.17) is 9.40 Å². The summed E-state index contributed by atoms with van der Waals surface area (Å²) in [6, 6.07) is 47.3. The molecule has 0 saturated heterocycles. The van der Waals surface area contributed by atoms with Crippen molar-refractivity contribution in [2.75, 3.05) is 0 Å². The number of benzene rings is 7. The molecule has 2 aromatic heterocycles. The third-order valence-electron chi connectivity index (χ3n) is 8.60. The Balaban J connectivity index is 1.16. The number of para-hydroxylation sites is 2. The highest BCUT2D eigenvalue weighted by Gasteiger charge is 2.16. The third kappa shape index (κ3) is 3.68. The molecular weight excluding hydrogens is 524 g/mol. The molecule has 2 heterocycles. The Morgan fingerprint density at radius 3 is 1.77 bits per heavy atom. The van der Waals surface area contributed by atoms with Crippen LogP contribution in [0.15, 0.2) is 150 Å². The first-order valence-corrected chi connectivity index (χ1v) is 14.5. The van der Waals surface area contributed by atoms with Crippen molar-refractivity contribution in [1.82, 2.24) is 9.97 Å². The number of hydrogen-bond donors (Lipinski definition) is 0. The maximum absolute atomic E-state index is 6.39. The Hall–Kier alpha value is -5.80. The molecule has 0 spiro atoms. The van der Waals surface area contributed by atoms with Gasteiger partial charge in [-0.15, -0.1) is 0 Å². The SMILES string of the molecule is c1ccc(-c2cccc3c2oc2ccccc23)c(-c2ccc(-c3ccc4c(c3)c3ccccc3c3nccnc43)cc2)c1. The van der Waals surface area contributed by atoms with Crippen LogP contribution in [0, 0.1) is 0 Å². The van der Waals surface area contributed by atoms with Gasteiger partial charge in [0.2, 0.25) is 0 Å². The second-order valence-corrected chi connectivity index (χ2v) is 11.0. The number of fused-ring (bicyclic) bond motifs is 9. The number of hydrogen-bond acceptors (Lipinski definition) is 3. The fourth-order valence-corrected chi connectivity index (χ4v) is 6.58. The average molecular weight is 549 g/mol. The zero-order valence-electron chi connectivity index (χ0n) is 23.2. The van der Waals surface area contributed by atoms with E-state index in [0.29, 0.717) is 0 Å².